The molecule has 0 heterocycles. The van der Waals surface area contributed by atoms with Crippen LogP contribution in [0.2, 0.25) is 5.02 Å². The fraction of sp³-hybridized carbons (Fsp3) is 0.297. The van der Waals surface area contributed by atoms with Crippen LogP contribution in [0.4, 0.5) is 5.69 Å². The van der Waals surface area contributed by atoms with Crippen LogP contribution in [0.15, 0.2) is 113 Å². The molecule has 4 rings (SSSR count). The van der Waals surface area contributed by atoms with Crippen LogP contribution in [-0.2, 0) is 32.6 Å². The molecule has 254 valence electrons. The summed E-state index contributed by atoms with van der Waals surface area (Å²) in [5.74, 6) is -0.583. The highest BCUT2D eigenvalue weighted by atomic mass is 35.5. The van der Waals surface area contributed by atoms with E-state index in [-0.39, 0.29) is 42.1 Å². The first-order valence-electron chi connectivity index (χ1n) is 15.8. The molecule has 0 spiro atoms. The van der Waals surface area contributed by atoms with Crippen molar-refractivity contribution >= 4 is 50.9 Å². The van der Waals surface area contributed by atoms with Crippen molar-refractivity contribution in [1.29, 1.82) is 0 Å². The molecule has 0 fully saturated rings. The molecule has 8 nitrogen and oxygen atoms in total. The van der Waals surface area contributed by atoms with E-state index in [0.29, 0.717) is 22.8 Å². The molecule has 4 aromatic rings. The van der Waals surface area contributed by atoms with Gasteiger partial charge in [0.1, 0.15) is 18.3 Å². The van der Waals surface area contributed by atoms with Crippen LogP contribution in [-0.4, -0.2) is 56.6 Å². The van der Waals surface area contributed by atoms with E-state index in [2.05, 4.69) is 5.32 Å². The summed E-state index contributed by atoms with van der Waals surface area (Å²) in [7, 11) is -4.28. The number of nitrogens with one attached hydrogen (secondary N) is 1. The lowest BCUT2D eigenvalue weighted by molar-refractivity contribution is -0.140. The monoisotopic (exact) mass is 707 g/mol. The Hall–Kier alpha value is -3.99. The maximum absolute atomic E-state index is 14.7. The molecule has 0 bridgehead atoms. The summed E-state index contributed by atoms with van der Waals surface area (Å²) in [6.07, 6.45) is 2.82. The SMILES string of the molecule is CCOc1ccccc1N(CC(=O)N(Cc1cccc(Cl)c1)[C@@H](Cc1ccccc1)C(=O)N[C@H](C)CC)S(=O)(=O)c1ccc(SC)cc1. The third-order valence-corrected chi connectivity index (χ3v) is 10.6. The number of carbonyl (C=O) groups is 2. The standard InChI is InChI=1S/C37H42ClN3O5S2/c1-5-27(3)39-37(43)34(24-28-13-8-7-9-14-28)40(25-29-15-12-16-30(38)23-29)36(42)26-41(33-17-10-11-18-35(33)46-6-2)48(44,45)32-21-19-31(47-4)20-22-32/h7-23,27,34H,5-6,24-26H2,1-4H3,(H,39,43)/t27-,34+/m1/s1. The molecule has 0 radical (unpaired) electrons. The van der Waals surface area contributed by atoms with E-state index in [1.165, 1.54) is 28.8 Å². The Morgan fingerprint density at radius 1 is 0.896 bits per heavy atom. The molecule has 1 N–H and O–H groups in total. The lowest BCUT2D eigenvalue weighted by Gasteiger charge is -2.34. The van der Waals surface area contributed by atoms with Gasteiger partial charge < -0.3 is 15.0 Å². The number of nitrogens with zero attached hydrogens (tertiary/aromatic N) is 2. The summed E-state index contributed by atoms with van der Waals surface area (Å²) >= 11 is 7.84. The highest BCUT2D eigenvalue weighted by Gasteiger charge is 2.36. The Labute approximate surface area is 293 Å². The van der Waals surface area contributed by atoms with Crippen LogP contribution in [0.25, 0.3) is 0 Å². The quantitative estimate of drug-likeness (QED) is 0.124. The van der Waals surface area contributed by atoms with E-state index in [0.717, 1.165) is 14.8 Å². The molecule has 4 aromatic carbocycles. The topological polar surface area (TPSA) is 96.0 Å². The summed E-state index contributed by atoms with van der Waals surface area (Å²) in [5, 5.41) is 3.53. The van der Waals surface area contributed by atoms with Crippen LogP contribution < -0.4 is 14.4 Å². The van der Waals surface area contributed by atoms with E-state index in [1.807, 2.05) is 56.5 Å². The number of ether oxygens (including phenoxy) is 1. The van der Waals surface area contributed by atoms with E-state index in [9.17, 15) is 18.0 Å². The van der Waals surface area contributed by atoms with Gasteiger partial charge in [-0.15, -0.1) is 11.8 Å². The largest absolute Gasteiger partial charge is 0.492 e. The third-order valence-electron chi connectivity index (χ3n) is 7.87. The van der Waals surface area contributed by atoms with Crippen LogP contribution in [0.5, 0.6) is 5.75 Å². The average Bonchev–Trinajstić information content (AvgIpc) is 3.09. The van der Waals surface area contributed by atoms with Gasteiger partial charge in [0.2, 0.25) is 11.8 Å². The second-order valence-corrected chi connectivity index (χ2v) is 14.4. The number of halogens is 1. The van der Waals surface area contributed by atoms with Gasteiger partial charge in [0.25, 0.3) is 10.0 Å². The number of thioether (sulfide) groups is 1. The van der Waals surface area contributed by atoms with Crippen molar-refractivity contribution in [3.8, 4) is 5.75 Å². The zero-order valence-electron chi connectivity index (χ0n) is 27.6. The predicted octanol–water partition coefficient (Wildman–Crippen LogP) is 7.21. The van der Waals surface area contributed by atoms with Crippen molar-refractivity contribution in [2.45, 2.75) is 62.0 Å². The molecule has 0 unspecified atom stereocenters. The zero-order chi connectivity index (χ0) is 34.7. The van der Waals surface area contributed by atoms with Crippen LogP contribution in [0.3, 0.4) is 0 Å². The summed E-state index contributed by atoms with van der Waals surface area (Å²) in [4.78, 5) is 31.1. The first-order valence-corrected chi connectivity index (χ1v) is 18.9. The Morgan fingerprint density at radius 3 is 2.21 bits per heavy atom. The minimum Gasteiger partial charge on any atom is -0.492 e. The first-order chi connectivity index (χ1) is 23.1. The van der Waals surface area contributed by atoms with E-state index >= 15 is 0 Å². The second-order valence-electron chi connectivity index (χ2n) is 11.3. The van der Waals surface area contributed by atoms with E-state index in [4.69, 9.17) is 16.3 Å². The van der Waals surface area contributed by atoms with Gasteiger partial charge in [-0.1, -0.05) is 73.1 Å². The summed E-state index contributed by atoms with van der Waals surface area (Å²) in [6, 6.07) is 28.7. The maximum atomic E-state index is 14.7. The molecule has 0 aliphatic carbocycles. The molecule has 0 saturated carbocycles. The van der Waals surface area contributed by atoms with E-state index in [1.54, 1.807) is 61.5 Å². The van der Waals surface area contributed by atoms with Gasteiger partial charge >= 0.3 is 0 Å². The highest BCUT2D eigenvalue weighted by molar-refractivity contribution is 7.98. The molecular formula is C37H42ClN3O5S2. The van der Waals surface area contributed by atoms with Crippen molar-refractivity contribution < 1.29 is 22.7 Å². The Balaban J connectivity index is 1.85. The molecule has 2 amide bonds. The average molecular weight is 708 g/mol. The van der Waals surface area contributed by atoms with Gasteiger partial charge in [-0.05, 0) is 86.2 Å². The van der Waals surface area contributed by atoms with Crippen molar-refractivity contribution in [2.75, 3.05) is 23.7 Å². The first kappa shape index (κ1) is 36.8. The minimum atomic E-state index is -4.28. The van der Waals surface area contributed by atoms with Crippen LogP contribution in [0, 0.1) is 0 Å². The third kappa shape index (κ3) is 9.55. The normalized spacial score (nSPS) is 12.5. The van der Waals surface area contributed by atoms with E-state index < -0.39 is 28.5 Å². The molecule has 0 saturated heterocycles. The molecule has 11 heteroatoms. The molecular weight excluding hydrogens is 666 g/mol. The minimum absolute atomic E-state index is 0.0221. The lowest BCUT2D eigenvalue weighted by Crippen LogP contribution is -2.54. The van der Waals surface area contributed by atoms with Gasteiger partial charge in [-0.2, -0.15) is 0 Å². The number of sulfonamides is 1. The van der Waals surface area contributed by atoms with Crippen molar-refractivity contribution in [3.63, 3.8) is 0 Å². The number of anilines is 1. The Morgan fingerprint density at radius 2 is 1.56 bits per heavy atom. The lowest BCUT2D eigenvalue weighted by atomic mass is 10.0. The molecule has 0 aromatic heterocycles. The predicted molar refractivity (Wildman–Crippen MR) is 194 cm³/mol. The van der Waals surface area contributed by atoms with Gasteiger partial charge in [-0.25, -0.2) is 8.42 Å². The fourth-order valence-electron chi connectivity index (χ4n) is 5.16. The Bertz CT molecular complexity index is 1770. The maximum Gasteiger partial charge on any atom is 0.264 e. The van der Waals surface area contributed by atoms with Crippen LogP contribution >= 0.6 is 23.4 Å². The number of rotatable bonds is 16. The number of hydrogen-bond donors (Lipinski definition) is 1. The molecule has 2 atom stereocenters. The molecule has 0 aliphatic heterocycles. The van der Waals surface area contributed by atoms with Gasteiger partial charge in [0, 0.05) is 28.9 Å². The number of amides is 2. The van der Waals surface area contributed by atoms with Crippen LogP contribution in [0.1, 0.15) is 38.3 Å². The molecule has 0 aliphatic rings. The van der Waals surface area contributed by atoms with Crippen molar-refractivity contribution in [1.82, 2.24) is 10.2 Å². The summed E-state index contributed by atoms with van der Waals surface area (Å²) < 4.78 is 35.8. The number of carbonyl (C=O) groups excluding carboxylic acids is 2. The fourth-order valence-corrected chi connectivity index (χ4v) is 7.20. The number of hydrogen-bond acceptors (Lipinski definition) is 6. The number of benzene rings is 4. The van der Waals surface area contributed by atoms with Gasteiger partial charge in [-0.3, -0.25) is 13.9 Å². The second kappa shape index (κ2) is 17.4. The summed E-state index contributed by atoms with van der Waals surface area (Å²) in [6.45, 7) is 5.40. The number of para-hydroxylation sites is 2. The highest BCUT2D eigenvalue weighted by Crippen LogP contribution is 2.33. The smallest absolute Gasteiger partial charge is 0.264 e. The summed E-state index contributed by atoms with van der Waals surface area (Å²) in [5.41, 5.74) is 1.76. The zero-order valence-corrected chi connectivity index (χ0v) is 30.0. The van der Waals surface area contributed by atoms with Crippen molar-refractivity contribution in [2.24, 2.45) is 0 Å². The van der Waals surface area contributed by atoms with Gasteiger partial charge in [0.15, 0.2) is 0 Å². The Kier molecular flexibility index (Phi) is 13.4. The molecule has 48 heavy (non-hydrogen) atoms. The van der Waals surface area contributed by atoms with Crippen molar-refractivity contribution in [3.05, 3.63) is 119 Å². The van der Waals surface area contributed by atoms with Gasteiger partial charge in [0.05, 0.1) is 17.2 Å².